The average Bonchev–Trinajstić information content (AvgIpc) is 2.35. The summed E-state index contributed by atoms with van der Waals surface area (Å²) in [7, 11) is 0. The Bertz CT molecular complexity index is 232. The largest absolute Gasteiger partial charge is 0.465 e. The van der Waals surface area contributed by atoms with E-state index in [4.69, 9.17) is 9.52 Å². The Morgan fingerprint density at radius 2 is 2.45 bits per heavy atom. The molecule has 1 atom stereocenters. The number of furan rings is 1. The molecule has 0 saturated heterocycles. The molecule has 0 radical (unpaired) electrons. The third kappa shape index (κ3) is 2.24. The van der Waals surface area contributed by atoms with Crippen molar-refractivity contribution in [1.82, 2.24) is 0 Å². The topological polar surface area (TPSA) is 33.4 Å². The minimum Gasteiger partial charge on any atom is -0.465 e. The summed E-state index contributed by atoms with van der Waals surface area (Å²) in [6.07, 6.45) is 2.95. The molecule has 0 amide bonds. The highest BCUT2D eigenvalue weighted by Gasteiger charge is 1.98. The average molecular weight is 152 g/mol. The molecule has 11 heavy (non-hydrogen) atoms. The highest BCUT2D eigenvalue weighted by molar-refractivity contribution is 5.59. The Morgan fingerprint density at radius 1 is 1.73 bits per heavy atom. The Balaban J connectivity index is 2.77. The van der Waals surface area contributed by atoms with Gasteiger partial charge in [0, 0.05) is 0 Å². The quantitative estimate of drug-likeness (QED) is 0.703. The van der Waals surface area contributed by atoms with E-state index in [1.807, 2.05) is 19.1 Å². The van der Waals surface area contributed by atoms with Crippen LogP contribution in [-0.2, 0) is 0 Å². The number of hydrogen-bond acceptors (Lipinski definition) is 2. The molecule has 1 aromatic heterocycles. The van der Waals surface area contributed by atoms with Crippen molar-refractivity contribution in [1.29, 1.82) is 0 Å². The minimum atomic E-state index is -0.417. The zero-order chi connectivity index (χ0) is 8.27. The predicted octanol–water partition coefficient (Wildman–Crippen LogP) is 2.06. The summed E-state index contributed by atoms with van der Waals surface area (Å²) >= 11 is 0. The van der Waals surface area contributed by atoms with Crippen LogP contribution in [0, 0.1) is 0 Å². The Labute approximate surface area is 66.2 Å². The highest BCUT2D eigenvalue weighted by Crippen LogP contribution is 2.13. The van der Waals surface area contributed by atoms with Gasteiger partial charge in [-0.25, -0.2) is 0 Å². The van der Waals surface area contributed by atoms with Gasteiger partial charge < -0.3 is 9.52 Å². The zero-order valence-electron chi connectivity index (χ0n) is 6.74. The summed E-state index contributed by atoms with van der Waals surface area (Å²) in [5, 5.41) is 9.00. The van der Waals surface area contributed by atoms with Gasteiger partial charge in [0.25, 0.3) is 0 Å². The number of allylic oxidation sites excluding steroid dienone is 1. The van der Waals surface area contributed by atoms with Crippen LogP contribution < -0.4 is 0 Å². The van der Waals surface area contributed by atoms with Crippen LogP contribution in [0.15, 0.2) is 28.9 Å². The van der Waals surface area contributed by atoms with Gasteiger partial charge in [-0.3, -0.25) is 0 Å². The second kappa shape index (κ2) is 3.39. The lowest BCUT2D eigenvalue weighted by atomic mass is 10.2. The van der Waals surface area contributed by atoms with E-state index in [1.165, 1.54) is 0 Å². The summed E-state index contributed by atoms with van der Waals surface area (Å²) in [6.45, 7) is 3.62. The molecule has 0 aromatic carbocycles. The number of aliphatic hydroxyl groups is 1. The Kier molecular flexibility index (Phi) is 2.49. The van der Waals surface area contributed by atoms with Crippen LogP contribution in [0.3, 0.4) is 0 Å². The van der Waals surface area contributed by atoms with Crippen molar-refractivity contribution in [3.63, 3.8) is 0 Å². The lowest BCUT2D eigenvalue weighted by molar-refractivity contribution is 0.244. The standard InChI is InChI=1S/C9H12O2/c1-7(6-8(2)10)9-4-3-5-11-9/h3-6,8,10H,1-2H3/b7-6-. The normalized spacial score (nSPS) is 15.0. The highest BCUT2D eigenvalue weighted by atomic mass is 16.3. The fourth-order valence-electron chi connectivity index (χ4n) is 0.947. The number of rotatable bonds is 2. The van der Waals surface area contributed by atoms with Crippen LogP contribution in [0.5, 0.6) is 0 Å². The van der Waals surface area contributed by atoms with Gasteiger partial charge in [-0.05, 0) is 37.6 Å². The summed E-state index contributed by atoms with van der Waals surface area (Å²) in [5.74, 6) is 0.811. The molecular formula is C9H12O2. The first kappa shape index (κ1) is 8.08. The van der Waals surface area contributed by atoms with Crippen molar-refractivity contribution in [3.8, 4) is 0 Å². The van der Waals surface area contributed by atoms with E-state index in [0.29, 0.717) is 0 Å². The van der Waals surface area contributed by atoms with Crippen LogP contribution in [-0.4, -0.2) is 11.2 Å². The van der Waals surface area contributed by atoms with Crippen LogP contribution in [0.2, 0.25) is 0 Å². The molecule has 0 aliphatic rings. The predicted molar refractivity (Wildman–Crippen MR) is 44.0 cm³/mol. The van der Waals surface area contributed by atoms with Gasteiger partial charge in [-0.2, -0.15) is 0 Å². The van der Waals surface area contributed by atoms with Crippen LogP contribution in [0.25, 0.3) is 5.57 Å². The van der Waals surface area contributed by atoms with Crippen molar-refractivity contribution in [2.24, 2.45) is 0 Å². The lowest BCUT2D eigenvalue weighted by Gasteiger charge is -1.98. The first-order valence-electron chi connectivity index (χ1n) is 3.60. The van der Waals surface area contributed by atoms with Crippen molar-refractivity contribution < 1.29 is 9.52 Å². The Hall–Kier alpha value is -1.02. The van der Waals surface area contributed by atoms with E-state index >= 15 is 0 Å². The van der Waals surface area contributed by atoms with Crippen molar-refractivity contribution >= 4 is 5.57 Å². The molecule has 1 heterocycles. The Morgan fingerprint density at radius 3 is 2.91 bits per heavy atom. The van der Waals surface area contributed by atoms with E-state index < -0.39 is 6.10 Å². The lowest BCUT2D eigenvalue weighted by Crippen LogP contribution is -1.93. The van der Waals surface area contributed by atoms with E-state index in [9.17, 15) is 0 Å². The van der Waals surface area contributed by atoms with E-state index in [-0.39, 0.29) is 0 Å². The minimum absolute atomic E-state index is 0.417. The molecular weight excluding hydrogens is 140 g/mol. The SMILES string of the molecule is C/C(=C/C(C)O)c1ccco1. The molecule has 2 heteroatoms. The van der Waals surface area contributed by atoms with Crippen LogP contribution in [0.1, 0.15) is 19.6 Å². The summed E-state index contributed by atoms with van der Waals surface area (Å²) in [6, 6.07) is 3.70. The van der Waals surface area contributed by atoms with Crippen molar-refractivity contribution in [2.45, 2.75) is 20.0 Å². The van der Waals surface area contributed by atoms with E-state index in [2.05, 4.69) is 0 Å². The first-order valence-corrected chi connectivity index (χ1v) is 3.60. The van der Waals surface area contributed by atoms with Gasteiger partial charge in [0.1, 0.15) is 5.76 Å². The second-order valence-corrected chi connectivity index (χ2v) is 2.57. The molecule has 0 aliphatic carbocycles. The maximum absolute atomic E-state index is 9.00. The van der Waals surface area contributed by atoms with Gasteiger partial charge in [0.2, 0.25) is 0 Å². The number of hydrogen-bond donors (Lipinski definition) is 1. The molecule has 1 N–H and O–H groups in total. The zero-order valence-corrected chi connectivity index (χ0v) is 6.74. The van der Waals surface area contributed by atoms with Gasteiger partial charge in [-0.15, -0.1) is 0 Å². The fraction of sp³-hybridized carbons (Fsp3) is 0.333. The third-order valence-electron chi connectivity index (χ3n) is 1.40. The van der Waals surface area contributed by atoms with E-state index in [0.717, 1.165) is 11.3 Å². The van der Waals surface area contributed by atoms with Gasteiger partial charge >= 0.3 is 0 Å². The molecule has 0 aliphatic heterocycles. The molecule has 1 rings (SSSR count). The summed E-state index contributed by atoms with van der Waals surface area (Å²) in [5.41, 5.74) is 0.963. The van der Waals surface area contributed by atoms with Gasteiger partial charge in [0.05, 0.1) is 12.4 Å². The van der Waals surface area contributed by atoms with Crippen LogP contribution in [0.4, 0.5) is 0 Å². The molecule has 1 unspecified atom stereocenters. The van der Waals surface area contributed by atoms with Crippen LogP contribution >= 0.6 is 0 Å². The molecule has 60 valence electrons. The molecule has 2 nitrogen and oxygen atoms in total. The molecule has 0 spiro atoms. The monoisotopic (exact) mass is 152 g/mol. The van der Waals surface area contributed by atoms with E-state index in [1.54, 1.807) is 19.3 Å². The second-order valence-electron chi connectivity index (χ2n) is 2.57. The molecule has 0 fully saturated rings. The summed E-state index contributed by atoms with van der Waals surface area (Å²) in [4.78, 5) is 0. The first-order chi connectivity index (χ1) is 5.20. The summed E-state index contributed by atoms with van der Waals surface area (Å²) < 4.78 is 5.12. The number of aliphatic hydroxyl groups excluding tert-OH is 1. The molecule has 1 aromatic rings. The third-order valence-corrected chi connectivity index (χ3v) is 1.40. The van der Waals surface area contributed by atoms with Gasteiger partial charge in [0.15, 0.2) is 0 Å². The van der Waals surface area contributed by atoms with Crippen molar-refractivity contribution in [2.75, 3.05) is 0 Å². The molecule has 0 bridgehead atoms. The van der Waals surface area contributed by atoms with Gasteiger partial charge in [-0.1, -0.05) is 0 Å². The smallest absolute Gasteiger partial charge is 0.129 e. The fourth-order valence-corrected chi connectivity index (χ4v) is 0.947. The van der Waals surface area contributed by atoms with Crippen molar-refractivity contribution in [3.05, 3.63) is 30.2 Å². The maximum Gasteiger partial charge on any atom is 0.129 e. The maximum atomic E-state index is 9.00. The molecule has 0 saturated carbocycles.